The van der Waals surface area contributed by atoms with Crippen LogP contribution in [0.25, 0.3) is 0 Å². The molecule has 2 heterocycles. The van der Waals surface area contributed by atoms with Gasteiger partial charge in [0.05, 0.1) is 19.8 Å². The molecular weight excluding hydrogens is 508 g/mol. The fraction of sp³-hybridized carbons (Fsp3) is 0.438. The van der Waals surface area contributed by atoms with E-state index in [0.717, 1.165) is 15.9 Å². The minimum Gasteiger partial charge on any atom is -0.404 e. The summed E-state index contributed by atoms with van der Waals surface area (Å²) in [5.41, 5.74) is -0.146. The van der Waals surface area contributed by atoms with Crippen molar-refractivity contribution < 1.29 is 28.5 Å². The monoisotopic (exact) mass is 548 g/mol. The lowest BCUT2D eigenvalue weighted by molar-refractivity contribution is -0.257. The van der Waals surface area contributed by atoms with Crippen LogP contribution >= 0.6 is 0 Å². The van der Waals surface area contributed by atoms with Crippen molar-refractivity contribution in [1.82, 2.24) is 0 Å². The summed E-state index contributed by atoms with van der Waals surface area (Å²) >= 11 is 0. The van der Waals surface area contributed by atoms with E-state index in [-0.39, 0.29) is 18.3 Å². The van der Waals surface area contributed by atoms with Crippen LogP contribution in [0.15, 0.2) is 91.0 Å². The second kappa shape index (κ2) is 10.9. The Morgan fingerprint density at radius 3 is 1.85 bits per heavy atom. The van der Waals surface area contributed by atoms with E-state index in [2.05, 4.69) is 69.3 Å². The highest BCUT2D eigenvalue weighted by molar-refractivity contribution is 6.99. The molecule has 0 radical (unpaired) electrons. The Morgan fingerprint density at radius 1 is 0.795 bits per heavy atom. The second-order valence-corrected chi connectivity index (χ2v) is 16.3. The Balaban J connectivity index is 1.52. The van der Waals surface area contributed by atoms with Crippen LogP contribution in [0.4, 0.5) is 0 Å². The number of aliphatic hydroxyl groups excluding tert-OH is 1. The normalized spacial score (nSPS) is 26.5. The van der Waals surface area contributed by atoms with Crippen LogP contribution in [0.1, 0.15) is 40.2 Å². The lowest BCUT2D eigenvalue weighted by Crippen LogP contribution is -2.68. The lowest BCUT2D eigenvalue weighted by atomic mass is 9.97. The third-order valence-corrected chi connectivity index (χ3v) is 12.7. The Morgan fingerprint density at radius 2 is 1.33 bits per heavy atom. The molecule has 2 aliphatic heterocycles. The molecule has 0 saturated carbocycles. The Bertz CT molecular complexity index is 1170. The van der Waals surface area contributed by atoms with Crippen LogP contribution < -0.4 is 10.4 Å². The first kappa shape index (κ1) is 28.2. The van der Waals surface area contributed by atoms with Gasteiger partial charge >= 0.3 is 0 Å². The first-order valence-corrected chi connectivity index (χ1v) is 15.6. The maximum absolute atomic E-state index is 10.9. The number of hydrogen-bond acceptors (Lipinski definition) is 6. The van der Waals surface area contributed by atoms with E-state index in [9.17, 15) is 5.11 Å². The third-order valence-electron chi connectivity index (χ3n) is 7.75. The molecule has 208 valence electrons. The van der Waals surface area contributed by atoms with Gasteiger partial charge in [-0.3, -0.25) is 0 Å². The van der Waals surface area contributed by atoms with Crippen LogP contribution in [0.3, 0.4) is 0 Å². The van der Waals surface area contributed by atoms with Crippen LogP contribution in [-0.4, -0.2) is 56.5 Å². The molecule has 6 nitrogen and oxygen atoms in total. The molecule has 0 aromatic heterocycles. The first-order valence-electron chi connectivity index (χ1n) is 13.7. The lowest BCUT2D eigenvalue weighted by Gasteiger charge is -2.45. The predicted molar refractivity (Wildman–Crippen MR) is 153 cm³/mol. The largest absolute Gasteiger partial charge is 0.404 e. The Hall–Kier alpha value is -2.36. The number of ether oxygens (including phenoxy) is 4. The zero-order valence-corrected chi connectivity index (χ0v) is 24.5. The average Bonchev–Trinajstić information content (AvgIpc) is 3.37. The van der Waals surface area contributed by atoms with Crippen molar-refractivity contribution in [3.8, 4) is 0 Å². The van der Waals surface area contributed by atoms with E-state index in [0.29, 0.717) is 6.61 Å². The van der Waals surface area contributed by atoms with Crippen molar-refractivity contribution >= 4 is 18.7 Å². The van der Waals surface area contributed by atoms with E-state index in [4.69, 9.17) is 23.4 Å². The summed E-state index contributed by atoms with van der Waals surface area (Å²) in [5.74, 6) is -0.815. The van der Waals surface area contributed by atoms with Crippen molar-refractivity contribution in [3.05, 3.63) is 96.6 Å². The summed E-state index contributed by atoms with van der Waals surface area (Å²) in [6.07, 6.45) is -1.78. The van der Waals surface area contributed by atoms with E-state index in [1.54, 1.807) is 0 Å². The number of hydrogen-bond donors (Lipinski definition) is 1. The average molecular weight is 549 g/mol. The van der Waals surface area contributed by atoms with Crippen molar-refractivity contribution in [1.29, 1.82) is 0 Å². The van der Waals surface area contributed by atoms with Crippen molar-refractivity contribution in [3.63, 3.8) is 0 Å². The number of benzene rings is 3. The standard InChI is InChI=1S/C32H40O6Si/c1-30(2,3)39(25-17-11-7-12-18-25,26-19-13-8-14-20-26)35-23-32(22-33)28(34-21-24-15-9-6-10-16-24)27-29(38-32)37-31(4,5)36-27/h6-20,27-29,33H,21-23H2,1-5H3/t27-,28+,29?,32-/m1/s1. The molecule has 0 amide bonds. The van der Waals surface area contributed by atoms with Crippen LogP contribution in [0.2, 0.25) is 5.04 Å². The van der Waals surface area contributed by atoms with Gasteiger partial charge in [-0.05, 0) is 34.8 Å². The smallest absolute Gasteiger partial charge is 0.261 e. The highest BCUT2D eigenvalue weighted by atomic mass is 28.4. The molecule has 0 bridgehead atoms. The fourth-order valence-electron chi connectivity index (χ4n) is 5.94. The predicted octanol–water partition coefficient (Wildman–Crippen LogP) is 4.39. The highest BCUT2D eigenvalue weighted by Gasteiger charge is 2.64. The Labute approximate surface area is 233 Å². The molecule has 5 rings (SSSR count). The molecule has 2 aliphatic rings. The minimum atomic E-state index is -2.89. The van der Waals surface area contributed by atoms with E-state index in [1.165, 1.54) is 0 Å². The third kappa shape index (κ3) is 5.37. The molecule has 1 unspecified atom stereocenters. The minimum absolute atomic E-state index is 0.121. The van der Waals surface area contributed by atoms with Gasteiger partial charge in [0.2, 0.25) is 0 Å². The van der Waals surface area contributed by atoms with E-state index >= 15 is 0 Å². The number of rotatable bonds is 9. The summed E-state index contributed by atoms with van der Waals surface area (Å²) < 4.78 is 32.6. The number of fused-ring (bicyclic) bond motifs is 1. The SMILES string of the molecule is CC1(C)OC2O[C@](CO)(CO[Si](c3ccccc3)(c3ccccc3)C(C)(C)C)[C@@H](OCc3ccccc3)[C@H]2O1. The Kier molecular flexibility index (Phi) is 7.87. The van der Waals surface area contributed by atoms with Gasteiger partial charge in [-0.25, -0.2) is 0 Å². The zero-order valence-electron chi connectivity index (χ0n) is 23.5. The van der Waals surface area contributed by atoms with Crippen molar-refractivity contribution in [2.75, 3.05) is 13.2 Å². The molecule has 2 fully saturated rings. The van der Waals surface area contributed by atoms with Gasteiger partial charge in [0.15, 0.2) is 12.1 Å². The summed E-state index contributed by atoms with van der Waals surface area (Å²) in [6.45, 7) is 10.6. The van der Waals surface area contributed by atoms with Crippen LogP contribution in [0, 0.1) is 0 Å². The number of aliphatic hydroxyl groups is 1. The summed E-state index contributed by atoms with van der Waals surface area (Å²) in [4.78, 5) is 0. The van der Waals surface area contributed by atoms with E-state index < -0.39 is 38.2 Å². The van der Waals surface area contributed by atoms with Gasteiger partial charge in [0, 0.05) is 0 Å². The van der Waals surface area contributed by atoms with Gasteiger partial charge < -0.3 is 28.5 Å². The van der Waals surface area contributed by atoms with Crippen molar-refractivity contribution in [2.45, 2.75) is 76.1 Å². The molecule has 1 N–H and O–H groups in total. The fourth-order valence-corrected chi connectivity index (χ4v) is 10.6. The van der Waals surface area contributed by atoms with Crippen LogP contribution in [-0.2, 0) is 30.0 Å². The maximum Gasteiger partial charge on any atom is 0.261 e. The van der Waals surface area contributed by atoms with Gasteiger partial charge in [0.1, 0.15) is 17.8 Å². The molecule has 39 heavy (non-hydrogen) atoms. The quantitative estimate of drug-likeness (QED) is 0.400. The molecule has 7 heteroatoms. The molecule has 0 spiro atoms. The van der Waals surface area contributed by atoms with Gasteiger partial charge in [-0.1, -0.05) is 112 Å². The van der Waals surface area contributed by atoms with Gasteiger partial charge in [-0.15, -0.1) is 0 Å². The van der Waals surface area contributed by atoms with Gasteiger partial charge in [0.25, 0.3) is 8.32 Å². The van der Waals surface area contributed by atoms with Crippen LogP contribution in [0.5, 0.6) is 0 Å². The first-order chi connectivity index (χ1) is 18.6. The zero-order chi connectivity index (χ0) is 27.7. The topological polar surface area (TPSA) is 66.4 Å². The maximum atomic E-state index is 10.9. The summed E-state index contributed by atoms with van der Waals surface area (Å²) in [6, 6.07) is 30.9. The second-order valence-electron chi connectivity index (χ2n) is 12.0. The molecular formula is C32H40O6Si. The molecule has 0 aliphatic carbocycles. The molecule has 2 saturated heterocycles. The highest BCUT2D eigenvalue weighted by Crippen LogP contribution is 2.45. The van der Waals surface area contributed by atoms with E-state index in [1.807, 2.05) is 56.3 Å². The van der Waals surface area contributed by atoms with Gasteiger partial charge in [-0.2, -0.15) is 0 Å². The molecule has 4 atom stereocenters. The van der Waals surface area contributed by atoms with Crippen molar-refractivity contribution in [2.24, 2.45) is 0 Å². The summed E-state index contributed by atoms with van der Waals surface area (Å²) in [7, 11) is -2.89. The molecule has 3 aromatic carbocycles. The molecule has 3 aromatic rings. The summed E-state index contributed by atoms with van der Waals surface area (Å²) in [5, 5.41) is 13.0.